The maximum absolute atomic E-state index is 11.9. The van der Waals surface area contributed by atoms with Crippen molar-refractivity contribution in [3.63, 3.8) is 0 Å². The number of amides is 1. The minimum atomic E-state index is 0. The van der Waals surface area contributed by atoms with Crippen molar-refractivity contribution in [2.24, 2.45) is 11.3 Å². The Morgan fingerprint density at radius 3 is 2.58 bits per heavy atom. The number of carbonyl (C=O) groups excluding carboxylic acids is 1. The number of piperidine rings is 1. The van der Waals surface area contributed by atoms with Gasteiger partial charge in [-0.1, -0.05) is 26.7 Å². The second-order valence-electron chi connectivity index (χ2n) is 6.76. The minimum Gasteiger partial charge on any atom is -0.355 e. The fourth-order valence-electron chi connectivity index (χ4n) is 3.38. The first-order chi connectivity index (χ1) is 8.58. The summed E-state index contributed by atoms with van der Waals surface area (Å²) in [7, 11) is 0. The van der Waals surface area contributed by atoms with E-state index in [1.807, 2.05) is 0 Å². The van der Waals surface area contributed by atoms with Crippen LogP contribution in [0.5, 0.6) is 0 Å². The predicted molar refractivity (Wildman–Crippen MR) is 81.6 cm³/mol. The van der Waals surface area contributed by atoms with Crippen LogP contribution in [-0.2, 0) is 4.79 Å². The Morgan fingerprint density at radius 2 is 1.95 bits per heavy atom. The molecular formula is C15H29ClN2O. The molecular weight excluding hydrogens is 260 g/mol. The van der Waals surface area contributed by atoms with Crippen molar-refractivity contribution in [3.05, 3.63) is 0 Å². The molecule has 1 saturated heterocycles. The highest BCUT2D eigenvalue weighted by molar-refractivity contribution is 5.85. The molecule has 19 heavy (non-hydrogen) atoms. The van der Waals surface area contributed by atoms with Gasteiger partial charge in [0.05, 0.1) is 0 Å². The van der Waals surface area contributed by atoms with Crippen LogP contribution >= 0.6 is 12.4 Å². The quantitative estimate of drug-likeness (QED) is 0.835. The Bertz CT molecular complexity index is 288. The van der Waals surface area contributed by atoms with Crippen LogP contribution in [-0.4, -0.2) is 25.0 Å². The normalized spacial score (nSPS) is 26.7. The molecule has 112 valence electrons. The third-order valence-corrected chi connectivity index (χ3v) is 4.78. The van der Waals surface area contributed by atoms with Gasteiger partial charge in [0, 0.05) is 19.0 Å². The number of rotatable bonds is 4. The number of halogens is 1. The highest BCUT2D eigenvalue weighted by Gasteiger charge is 2.32. The topological polar surface area (TPSA) is 41.1 Å². The SMILES string of the molecule is CC1(C)CCCNC1CNC(=O)CC1CCCC1.Cl. The Kier molecular flexibility index (Phi) is 6.61. The molecule has 0 aromatic carbocycles. The summed E-state index contributed by atoms with van der Waals surface area (Å²) >= 11 is 0. The predicted octanol–water partition coefficient (Wildman–Crippen LogP) is 2.88. The second-order valence-corrected chi connectivity index (χ2v) is 6.76. The highest BCUT2D eigenvalue weighted by Crippen LogP contribution is 2.30. The lowest BCUT2D eigenvalue weighted by Crippen LogP contribution is -2.52. The van der Waals surface area contributed by atoms with E-state index in [9.17, 15) is 4.79 Å². The summed E-state index contributed by atoms with van der Waals surface area (Å²) in [6, 6.07) is 0.429. The third-order valence-electron chi connectivity index (χ3n) is 4.78. The van der Waals surface area contributed by atoms with Gasteiger partial charge in [-0.3, -0.25) is 4.79 Å². The Morgan fingerprint density at radius 1 is 1.26 bits per heavy atom. The van der Waals surface area contributed by atoms with Gasteiger partial charge in [-0.2, -0.15) is 0 Å². The molecule has 1 aliphatic carbocycles. The molecule has 1 unspecified atom stereocenters. The summed E-state index contributed by atoms with van der Waals surface area (Å²) < 4.78 is 0. The van der Waals surface area contributed by atoms with Crippen LogP contribution in [0.3, 0.4) is 0 Å². The van der Waals surface area contributed by atoms with Crippen molar-refractivity contribution in [2.45, 2.75) is 64.8 Å². The minimum absolute atomic E-state index is 0. The Balaban J connectivity index is 0.00000180. The van der Waals surface area contributed by atoms with Crippen LogP contribution in [0.2, 0.25) is 0 Å². The van der Waals surface area contributed by atoms with Gasteiger partial charge < -0.3 is 10.6 Å². The molecule has 0 bridgehead atoms. The molecule has 2 fully saturated rings. The van der Waals surface area contributed by atoms with E-state index in [1.165, 1.54) is 38.5 Å². The fraction of sp³-hybridized carbons (Fsp3) is 0.933. The van der Waals surface area contributed by atoms with Gasteiger partial charge in [0.1, 0.15) is 0 Å². The van der Waals surface area contributed by atoms with Gasteiger partial charge in [0.15, 0.2) is 0 Å². The number of hydrogen-bond donors (Lipinski definition) is 2. The van der Waals surface area contributed by atoms with E-state index >= 15 is 0 Å². The highest BCUT2D eigenvalue weighted by atomic mass is 35.5. The van der Waals surface area contributed by atoms with Crippen LogP contribution in [0.15, 0.2) is 0 Å². The summed E-state index contributed by atoms with van der Waals surface area (Å²) in [5.74, 6) is 0.905. The van der Waals surface area contributed by atoms with Crippen LogP contribution in [0, 0.1) is 11.3 Å². The maximum Gasteiger partial charge on any atom is 0.220 e. The van der Waals surface area contributed by atoms with Crippen LogP contribution < -0.4 is 10.6 Å². The molecule has 1 saturated carbocycles. The van der Waals surface area contributed by atoms with E-state index in [2.05, 4.69) is 24.5 Å². The van der Waals surface area contributed by atoms with Gasteiger partial charge in [0.2, 0.25) is 5.91 Å². The molecule has 2 aliphatic rings. The number of nitrogens with one attached hydrogen (secondary N) is 2. The Hall–Kier alpha value is -0.280. The zero-order valence-corrected chi connectivity index (χ0v) is 13.2. The van der Waals surface area contributed by atoms with Crippen molar-refractivity contribution < 1.29 is 4.79 Å². The molecule has 4 heteroatoms. The first-order valence-electron chi connectivity index (χ1n) is 7.58. The zero-order valence-electron chi connectivity index (χ0n) is 12.3. The van der Waals surface area contributed by atoms with Gasteiger partial charge in [0.25, 0.3) is 0 Å². The smallest absolute Gasteiger partial charge is 0.220 e. The largest absolute Gasteiger partial charge is 0.355 e. The lowest BCUT2D eigenvalue weighted by molar-refractivity contribution is -0.122. The van der Waals surface area contributed by atoms with E-state index < -0.39 is 0 Å². The van der Waals surface area contributed by atoms with Crippen molar-refractivity contribution in [3.8, 4) is 0 Å². The van der Waals surface area contributed by atoms with Crippen molar-refractivity contribution in [1.29, 1.82) is 0 Å². The van der Waals surface area contributed by atoms with Gasteiger partial charge in [-0.05, 0) is 43.6 Å². The summed E-state index contributed by atoms with van der Waals surface area (Å²) in [6.07, 6.45) is 8.38. The molecule has 2 N–H and O–H groups in total. The molecule has 0 spiro atoms. The molecule has 0 aromatic rings. The summed E-state index contributed by atoms with van der Waals surface area (Å²) in [4.78, 5) is 11.9. The first kappa shape index (κ1) is 16.8. The molecule has 0 radical (unpaired) electrons. The zero-order chi connectivity index (χ0) is 13.0. The van der Waals surface area contributed by atoms with Crippen LogP contribution in [0.25, 0.3) is 0 Å². The van der Waals surface area contributed by atoms with Gasteiger partial charge in [-0.25, -0.2) is 0 Å². The molecule has 1 atom stereocenters. The molecule has 3 nitrogen and oxygen atoms in total. The van der Waals surface area contributed by atoms with Crippen molar-refractivity contribution in [2.75, 3.05) is 13.1 Å². The Labute approximate surface area is 123 Å². The molecule has 1 aliphatic heterocycles. The number of hydrogen-bond acceptors (Lipinski definition) is 2. The molecule has 1 amide bonds. The van der Waals surface area contributed by atoms with Crippen molar-refractivity contribution >= 4 is 18.3 Å². The van der Waals surface area contributed by atoms with E-state index in [0.29, 0.717) is 17.4 Å². The van der Waals surface area contributed by atoms with E-state index in [-0.39, 0.29) is 18.3 Å². The lowest BCUT2D eigenvalue weighted by Gasteiger charge is -2.39. The molecule has 0 aromatic heterocycles. The van der Waals surface area contributed by atoms with Gasteiger partial charge >= 0.3 is 0 Å². The monoisotopic (exact) mass is 288 g/mol. The second kappa shape index (κ2) is 7.49. The summed E-state index contributed by atoms with van der Waals surface area (Å²) in [5.41, 5.74) is 0.304. The summed E-state index contributed by atoms with van der Waals surface area (Å²) in [6.45, 7) is 6.48. The fourth-order valence-corrected chi connectivity index (χ4v) is 3.38. The van der Waals surface area contributed by atoms with Crippen LogP contribution in [0.1, 0.15) is 58.8 Å². The average Bonchev–Trinajstić information content (AvgIpc) is 2.80. The first-order valence-corrected chi connectivity index (χ1v) is 7.58. The van der Waals surface area contributed by atoms with E-state index in [0.717, 1.165) is 19.5 Å². The maximum atomic E-state index is 11.9. The van der Waals surface area contributed by atoms with E-state index in [4.69, 9.17) is 0 Å². The number of carbonyl (C=O) groups is 1. The van der Waals surface area contributed by atoms with Crippen LogP contribution in [0.4, 0.5) is 0 Å². The summed E-state index contributed by atoms with van der Waals surface area (Å²) in [5, 5.41) is 6.68. The molecule has 1 heterocycles. The molecule has 2 rings (SSSR count). The standard InChI is InChI=1S/C15H28N2O.ClH/c1-15(2)8-5-9-16-13(15)11-17-14(18)10-12-6-3-4-7-12;/h12-13,16H,3-11H2,1-2H3,(H,17,18);1H. The third kappa shape index (κ3) is 4.96. The lowest BCUT2D eigenvalue weighted by atomic mass is 9.77. The van der Waals surface area contributed by atoms with Gasteiger partial charge in [-0.15, -0.1) is 12.4 Å². The average molecular weight is 289 g/mol. The van der Waals surface area contributed by atoms with Crippen molar-refractivity contribution in [1.82, 2.24) is 10.6 Å². The van der Waals surface area contributed by atoms with E-state index in [1.54, 1.807) is 0 Å².